The van der Waals surface area contributed by atoms with Crippen molar-refractivity contribution in [1.82, 2.24) is 9.80 Å². The molecule has 4 atom stereocenters. The Kier molecular flexibility index (Phi) is 6.84. The van der Waals surface area contributed by atoms with Crippen molar-refractivity contribution < 1.29 is 34.0 Å². The van der Waals surface area contributed by atoms with Gasteiger partial charge in [-0.15, -0.1) is 0 Å². The monoisotopic (exact) mass is 510 g/mol. The SMILES string of the molecule is CCCN1CC2OC(OC(=O)C(=O)OC34CN(CCC)CC(O3)c3ccccc34)(C1)c1ccccc12.O. The van der Waals surface area contributed by atoms with E-state index < -0.39 is 23.5 Å². The standard InChI is InChI=1S/C28H32N2O6.H2O/c1-3-13-29-15-23-19-9-5-7-11-21(19)27(17-29,33-23)35-25(31)26(32)36-28-18-30(14-4-2)16-24(34-28)20-10-6-8-12-22(20)28;/h5-12,23-24H,3-4,13-18H2,1-2H3;1H2. The zero-order valence-corrected chi connectivity index (χ0v) is 21.3. The van der Waals surface area contributed by atoms with Crippen molar-refractivity contribution in [1.29, 1.82) is 0 Å². The van der Waals surface area contributed by atoms with Crippen LogP contribution in [-0.2, 0) is 40.1 Å². The third-order valence-electron chi connectivity index (χ3n) is 7.57. The number of carbonyl (C=O) groups excluding carboxylic acids is 2. The zero-order chi connectivity index (χ0) is 24.9. The van der Waals surface area contributed by atoms with E-state index in [0.717, 1.165) is 61.3 Å². The first-order valence-electron chi connectivity index (χ1n) is 12.9. The fourth-order valence-electron chi connectivity index (χ4n) is 6.24. The van der Waals surface area contributed by atoms with Gasteiger partial charge in [0.2, 0.25) is 0 Å². The van der Waals surface area contributed by atoms with E-state index >= 15 is 0 Å². The van der Waals surface area contributed by atoms with Gasteiger partial charge in [0.1, 0.15) is 12.2 Å². The minimum absolute atomic E-state index is 0. The second-order valence-electron chi connectivity index (χ2n) is 10.1. The molecule has 198 valence electrons. The highest BCUT2D eigenvalue weighted by molar-refractivity contribution is 6.29. The summed E-state index contributed by atoms with van der Waals surface area (Å²) in [5.74, 6) is -4.81. The van der Waals surface area contributed by atoms with Crippen LogP contribution >= 0.6 is 0 Å². The summed E-state index contributed by atoms with van der Waals surface area (Å²) in [6.07, 6.45) is 1.50. The molecule has 0 aliphatic carbocycles. The maximum Gasteiger partial charge on any atom is 0.420 e. The van der Waals surface area contributed by atoms with Crippen molar-refractivity contribution in [2.24, 2.45) is 0 Å². The van der Waals surface area contributed by atoms with E-state index in [1.807, 2.05) is 48.5 Å². The topological polar surface area (TPSA) is 109 Å². The molecule has 6 rings (SSSR count). The Morgan fingerprint density at radius 3 is 1.59 bits per heavy atom. The van der Waals surface area contributed by atoms with Gasteiger partial charge in [0.15, 0.2) is 0 Å². The first-order valence-corrected chi connectivity index (χ1v) is 12.9. The van der Waals surface area contributed by atoms with Crippen molar-refractivity contribution in [3.05, 3.63) is 70.8 Å². The van der Waals surface area contributed by atoms with Gasteiger partial charge < -0.3 is 24.4 Å². The Labute approximate surface area is 216 Å². The summed E-state index contributed by atoms with van der Waals surface area (Å²) in [5, 5.41) is 0. The number of hydrogen-bond donors (Lipinski definition) is 0. The number of hydrogen-bond acceptors (Lipinski definition) is 8. The molecule has 0 spiro atoms. The normalized spacial score (nSPS) is 29.7. The summed E-state index contributed by atoms with van der Waals surface area (Å²) in [6.45, 7) is 8.08. The number of carbonyl (C=O) groups is 2. The Balaban J connectivity index is 0.00000280. The first-order chi connectivity index (χ1) is 17.5. The van der Waals surface area contributed by atoms with Crippen LogP contribution in [0.1, 0.15) is 61.2 Å². The second-order valence-corrected chi connectivity index (χ2v) is 10.1. The summed E-state index contributed by atoms with van der Waals surface area (Å²) in [7, 11) is 0. The third kappa shape index (κ3) is 4.24. The molecule has 2 aromatic rings. The molecule has 0 amide bonds. The molecule has 4 aliphatic rings. The Bertz CT molecular complexity index is 1100. The van der Waals surface area contributed by atoms with Gasteiger partial charge in [0.25, 0.3) is 11.6 Å². The largest absolute Gasteiger partial charge is 0.420 e. The molecule has 0 radical (unpaired) electrons. The predicted molar refractivity (Wildman–Crippen MR) is 133 cm³/mol. The number of morpholine rings is 2. The number of benzene rings is 2. The molecule has 4 heterocycles. The Morgan fingerprint density at radius 2 is 1.19 bits per heavy atom. The molecule has 9 nitrogen and oxygen atoms in total. The molecule has 37 heavy (non-hydrogen) atoms. The van der Waals surface area contributed by atoms with E-state index in [9.17, 15) is 9.59 Å². The van der Waals surface area contributed by atoms with E-state index in [0.29, 0.717) is 13.1 Å². The van der Waals surface area contributed by atoms with Crippen molar-refractivity contribution in [2.45, 2.75) is 50.5 Å². The number of rotatable bonds is 6. The lowest BCUT2D eigenvalue weighted by Gasteiger charge is -2.41. The molecule has 0 saturated carbocycles. The second kappa shape index (κ2) is 9.81. The first kappa shape index (κ1) is 25.8. The van der Waals surface area contributed by atoms with Crippen LogP contribution in [0.2, 0.25) is 0 Å². The van der Waals surface area contributed by atoms with Gasteiger partial charge in [-0.05, 0) is 37.1 Å². The average Bonchev–Trinajstić information content (AvgIpc) is 3.24. The fourth-order valence-corrected chi connectivity index (χ4v) is 6.24. The van der Waals surface area contributed by atoms with Crippen LogP contribution in [0.5, 0.6) is 0 Å². The summed E-state index contributed by atoms with van der Waals surface area (Å²) in [6, 6.07) is 15.5. The van der Waals surface area contributed by atoms with Crippen molar-refractivity contribution in [3.63, 3.8) is 0 Å². The Hall–Kier alpha value is -2.82. The molecular formula is C28H34N2O7. The highest BCUT2D eigenvalue weighted by Crippen LogP contribution is 2.50. The predicted octanol–water partition coefficient (Wildman–Crippen LogP) is 2.55. The van der Waals surface area contributed by atoms with Crippen LogP contribution < -0.4 is 0 Å². The van der Waals surface area contributed by atoms with Gasteiger partial charge >= 0.3 is 11.9 Å². The van der Waals surface area contributed by atoms with Gasteiger partial charge in [-0.2, -0.15) is 0 Å². The van der Waals surface area contributed by atoms with E-state index in [1.54, 1.807) is 0 Å². The molecule has 2 fully saturated rings. The zero-order valence-electron chi connectivity index (χ0n) is 21.3. The van der Waals surface area contributed by atoms with Crippen LogP contribution in [0.3, 0.4) is 0 Å². The lowest BCUT2D eigenvalue weighted by Crippen LogP contribution is -2.52. The van der Waals surface area contributed by atoms with Gasteiger partial charge in [-0.3, -0.25) is 9.80 Å². The lowest BCUT2D eigenvalue weighted by molar-refractivity contribution is -0.289. The van der Waals surface area contributed by atoms with Crippen LogP contribution in [0.15, 0.2) is 48.5 Å². The molecule has 4 unspecified atom stereocenters. The van der Waals surface area contributed by atoms with Crippen LogP contribution in [0.25, 0.3) is 0 Å². The summed E-state index contributed by atoms with van der Waals surface area (Å²) in [4.78, 5) is 31.0. The number of fused-ring (bicyclic) bond motifs is 10. The number of esters is 2. The number of nitrogens with zero attached hydrogens (tertiary/aromatic N) is 2. The highest BCUT2D eigenvalue weighted by atomic mass is 16.8. The minimum Gasteiger partial charge on any atom is -0.419 e. The summed E-state index contributed by atoms with van der Waals surface area (Å²) in [5.41, 5.74) is 3.58. The maximum absolute atomic E-state index is 13.3. The van der Waals surface area contributed by atoms with Gasteiger partial charge in [0, 0.05) is 24.2 Å². The summed E-state index contributed by atoms with van der Waals surface area (Å²) >= 11 is 0. The van der Waals surface area contributed by atoms with E-state index in [-0.39, 0.29) is 17.7 Å². The van der Waals surface area contributed by atoms with Crippen molar-refractivity contribution in [3.8, 4) is 0 Å². The molecular weight excluding hydrogens is 476 g/mol. The minimum atomic E-state index is -1.33. The Morgan fingerprint density at radius 1 is 0.784 bits per heavy atom. The quantitative estimate of drug-likeness (QED) is 0.431. The van der Waals surface area contributed by atoms with E-state index in [2.05, 4.69) is 23.6 Å². The highest BCUT2D eigenvalue weighted by Gasteiger charge is 2.56. The van der Waals surface area contributed by atoms with Crippen LogP contribution in [-0.4, -0.2) is 66.5 Å². The molecule has 4 aliphatic heterocycles. The molecule has 2 saturated heterocycles. The molecule has 0 aromatic heterocycles. The third-order valence-corrected chi connectivity index (χ3v) is 7.57. The van der Waals surface area contributed by atoms with E-state index in [1.165, 1.54) is 0 Å². The summed E-state index contributed by atoms with van der Waals surface area (Å²) < 4.78 is 24.3. The van der Waals surface area contributed by atoms with Gasteiger partial charge in [-0.25, -0.2) is 9.59 Å². The molecule has 9 heteroatoms. The van der Waals surface area contributed by atoms with Crippen LogP contribution in [0.4, 0.5) is 0 Å². The van der Waals surface area contributed by atoms with Gasteiger partial charge in [0.05, 0.1) is 13.1 Å². The van der Waals surface area contributed by atoms with Crippen LogP contribution in [0, 0.1) is 0 Å². The van der Waals surface area contributed by atoms with Gasteiger partial charge in [-0.1, -0.05) is 62.4 Å². The maximum atomic E-state index is 13.3. The average molecular weight is 511 g/mol. The lowest BCUT2D eigenvalue weighted by atomic mass is 10.0. The molecule has 4 bridgehead atoms. The fraction of sp³-hybridized carbons (Fsp3) is 0.500. The smallest absolute Gasteiger partial charge is 0.419 e. The van der Waals surface area contributed by atoms with Crippen molar-refractivity contribution >= 4 is 11.9 Å². The van der Waals surface area contributed by atoms with E-state index in [4.69, 9.17) is 18.9 Å². The van der Waals surface area contributed by atoms with Crippen molar-refractivity contribution in [2.75, 3.05) is 39.3 Å². The number of ether oxygens (including phenoxy) is 4. The molecule has 2 N–H and O–H groups in total. The molecule has 2 aromatic carbocycles.